The van der Waals surface area contributed by atoms with Crippen LogP contribution in [0.2, 0.25) is 0 Å². The molecule has 0 radical (unpaired) electrons. The summed E-state index contributed by atoms with van der Waals surface area (Å²) >= 11 is 0. The van der Waals surface area contributed by atoms with Crippen LogP contribution in [0.1, 0.15) is 31.4 Å². The first-order valence-electron chi connectivity index (χ1n) is 7.41. The SMILES string of the molecule is CCCN(CCC(N)c1cccc(F)c1)CCN(C)C. The first kappa shape index (κ1) is 17.1. The van der Waals surface area contributed by atoms with Crippen molar-refractivity contribution in [2.75, 3.05) is 40.3 Å². The lowest BCUT2D eigenvalue weighted by atomic mass is 10.0. The maximum atomic E-state index is 13.2. The molecule has 0 aromatic heterocycles. The van der Waals surface area contributed by atoms with Crippen LogP contribution in [0.5, 0.6) is 0 Å². The highest BCUT2D eigenvalue weighted by Crippen LogP contribution is 2.15. The van der Waals surface area contributed by atoms with Gasteiger partial charge in [0.25, 0.3) is 0 Å². The van der Waals surface area contributed by atoms with Gasteiger partial charge in [-0.1, -0.05) is 19.1 Å². The van der Waals surface area contributed by atoms with Gasteiger partial charge in [0.1, 0.15) is 5.82 Å². The van der Waals surface area contributed by atoms with E-state index in [2.05, 4.69) is 30.8 Å². The molecule has 0 amide bonds. The van der Waals surface area contributed by atoms with Crippen LogP contribution in [0, 0.1) is 5.82 Å². The molecule has 0 aliphatic carbocycles. The van der Waals surface area contributed by atoms with E-state index in [1.165, 1.54) is 12.1 Å². The summed E-state index contributed by atoms with van der Waals surface area (Å²) in [5.41, 5.74) is 7.04. The first-order chi connectivity index (χ1) is 9.52. The van der Waals surface area contributed by atoms with E-state index in [-0.39, 0.29) is 11.9 Å². The molecular formula is C16H28FN3. The lowest BCUT2D eigenvalue weighted by Gasteiger charge is -2.25. The highest BCUT2D eigenvalue weighted by molar-refractivity contribution is 5.19. The van der Waals surface area contributed by atoms with Crippen LogP contribution in [-0.2, 0) is 0 Å². The molecule has 2 N–H and O–H groups in total. The monoisotopic (exact) mass is 281 g/mol. The number of hydrogen-bond acceptors (Lipinski definition) is 3. The third-order valence-corrected chi connectivity index (χ3v) is 3.44. The van der Waals surface area contributed by atoms with Crippen LogP contribution in [0.4, 0.5) is 4.39 Å². The van der Waals surface area contributed by atoms with Crippen molar-refractivity contribution in [2.45, 2.75) is 25.8 Å². The zero-order chi connectivity index (χ0) is 15.0. The van der Waals surface area contributed by atoms with Gasteiger partial charge in [-0.15, -0.1) is 0 Å². The fraction of sp³-hybridized carbons (Fsp3) is 0.625. The minimum atomic E-state index is -0.212. The molecule has 1 aromatic rings. The summed E-state index contributed by atoms with van der Waals surface area (Å²) in [5.74, 6) is -0.212. The smallest absolute Gasteiger partial charge is 0.123 e. The number of nitrogens with zero attached hydrogens (tertiary/aromatic N) is 2. The topological polar surface area (TPSA) is 32.5 Å². The zero-order valence-corrected chi connectivity index (χ0v) is 13.0. The predicted molar refractivity (Wildman–Crippen MR) is 83.2 cm³/mol. The Morgan fingerprint density at radius 1 is 1.15 bits per heavy atom. The molecule has 4 heteroatoms. The lowest BCUT2D eigenvalue weighted by molar-refractivity contribution is 0.234. The number of hydrogen-bond donors (Lipinski definition) is 1. The normalized spacial score (nSPS) is 13.2. The van der Waals surface area contributed by atoms with Crippen molar-refractivity contribution in [3.05, 3.63) is 35.6 Å². The summed E-state index contributed by atoms with van der Waals surface area (Å²) in [6.45, 7) is 6.34. The second-order valence-corrected chi connectivity index (χ2v) is 5.60. The molecule has 0 spiro atoms. The molecule has 0 saturated heterocycles. The van der Waals surface area contributed by atoms with Gasteiger partial charge in [0, 0.05) is 19.1 Å². The third kappa shape index (κ3) is 6.46. The standard InChI is InChI=1S/C16H28FN3/c1-4-9-20(12-11-19(2)3)10-8-16(18)14-6-5-7-15(17)13-14/h5-7,13,16H,4,8-12,18H2,1-3H3. The molecule has 0 aliphatic heterocycles. The molecule has 0 heterocycles. The molecule has 0 saturated carbocycles. The third-order valence-electron chi connectivity index (χ3n) is 3.44. The predicted octanol–water partition coefficient (Wildman–Crippen LogP) is 2.49. The van der Waals surface area contributed by atoms with E-state index in [1.54, 1.807) is 6.07 Å². The van der Waals surface area contributed by atoms with Crippen LogP contribution < -0.4 is 5.73 Å². The summed E-state index contributed by atoms with van der Waals surface area (Å²) in [5, 5.41) is 0. The van der Waals surface area contributed by atoms with Gasteiger partial charge in [0.05, 0.1) is 0 Å². The molecule has 1 atom stereocenters. The van der Waals surface area contributed by atoms with Crippen LogP contribution in [0.15, 0.2) is 24.3 Å². The van der Waals surface area contributed by atoms with Gasteiger partial charge in [-0.05, 0) is 57.7 Å². The molecule has 3 nitrogen and oxygen atoms in total. The van der Waals surface area contributed by atoms with E-state index < -0.39 is 0 Å². The van der Waals surface area contributed by atoms with E-state index in [4.69, 9.17) is 5.73 Å². The minimum absolute atomic E-state index is 0.0931. The van der Waals surface area contributed by atoms with Crippen molar-refractivity contribution < 1.29 is 4.39 Å². The van der Waals surface area contributed by atoms with E-state index in [0.29, 0.717) is 0 Å². The Kier molecular flexibility index (Phi) is 7.73. The number of nitrogens with two attached hydrogens (primary N) is 1. The van der Waals surface area contributed by atoms with E-state index >= 15 is 0 Å². The van der Waals surface area contributed by atoms with Crippen molar-refractivity contribution in [1.29, 1.82) is 0 Å². The Bertz CT molecular complexity index is 382. The Hall–Kier alpha value is -0.970. The highest BCUT2D eigenvalue weighted by Gasteiger charge is 2.10. The number of rotatable bonds is 9. The number of likely N-dealkylation sites (N-methyl/N-ethyl adjacent to an activating group) is 1. The fourth-order valence-electron chi connectivity index (χ4n) is 2.22. The summed E-state index contributed by atoms with van der Waals surface area (Å²) in [6, 6.07) is 6.52. The molecular weight excluding hydrogens is 253 g/mol. The first-order valence-corrected chi connectivity index (χ1v) is 7.41. The van der Waals surface area contributed by atoms with Crippen molar-refractivity contribution in [2.24, 2.45) is 5.73 Å². The summed E-state index contributed by atoms with van der Waals surface area (Å²) in [7, 11) is 4.17. The molecule has 1 aromatic carbocycles. The second kappa shape index (κ2) is 9.06. The van der Waals surface area contributed by atoms with Crippen LogP contribution >= 0.6 is 0 Å². The average molecular weight is 281 g/mol. The van der Waals surface area contributed by atoms with Crippen LogP contribution in [-0.4, -0.2) is 50.1 Å². The van der Waals surface area contributed by atoms with Crippen LogP contribution in [0.3, 0.4) is 0 Å². The summed E-state index contributed by atoms with van der Waals surface area (Å²) in [6.07, 6.45) is 2.00. The van der Waals surface area contributed by atoms with Gasteiger partial charge in [-0.2, -0.15) is 0 Å². The van der Waals surface area contributed by atoms with Crippen molar-refractivity contribution in [1.82, 2.24) is 9.80 Å². The maximum absolute atomic E-state index is 13.2. The molecule has 1 rings (SSSR count). The second-order valence-electron chi connectivity index (χ2n) is 5.60. The quantitative estimate of drug-likeness (QED) is 0.755. The molecule has 0 aliphatic rings. The largest absolute Gasteiger partial charge is 0.324 e. The van der Waals surface area contributed by atoms with Gasteiger partial charge in [-0.3, -0.25) is 0 Å². The minimum Gasteiger partial charge on any atom is -0.324 e. The van der Waals surface area contributed by atoms with E-state index in [0.717, 1.165) is 44.6 Å². The van der Waals surface area contributed by atoms with E-state index in [1.807, 2.05) is 6.07 Å². The zero-order valence-electron chi connectivity index (χ0n) is 13.0. The van der Waals surface area contributed by atoms with Gasteiger partial charge in [0.2, 0.25) is 0 Å². The van der Waals surface area contributed by atoms with Gasteiger partial charge < -0.3 is 15.5 Å². The summed E-state index contributed by atoms with van der Waals surface area (Å²) in [4.78, 5) is 4.62. The Balaban J connectivity index is 2.45. The lowest BCUT2D eigenvalue weighted by Crippen LogP contribution is -2.34. The molecule has 1 unspecified atom stereocenters. The molecule has 114 valence electrons. The average Bonchev–Trinajstić information content (AvgIpc) is 2.41. The van der Waals surface area contributed by atoms with Gasteiger partial charge in [0.15, 0.2) is 0 Å². The van der Waals surface area contributed by atoms with Gasteiger partial charge >= 0.3 is 0 Å². The number of halogens is 1. The Morgan fingerprint density at radius 3 is 2.50 bits per heavy atom. The van der Waals surface area contributed by atoms with E-state index in [9.17, 15) is 4.39 Å². The van der Waals surface area contributed by atoms with Crippen molar-refractivity contribution in [3.63, 3.8) is 0 Å². The Labute approximate surface area is 122 Å². The van der Waals surface area contributed by atoms with Crippen LogP contribution in [0.25, 0.3) is 0 Å². The molecule has 20 heavy (non-hydrogen) atoms. The fourth-order valence-corrected chi connectivity index (χ4v) is 2.22. The molecule has 0 bridgehead atoms. The molecule has 0 fully saturated rings. The van der Waals surface area contributed by atoms with Crippen molar-refractivity contribution in [3.8, 4) is 0 Å². The van der Waals surface area contributed by atoms with Crippen molar-refractivity contribution >= 4 is 0 Å². The summed E-state index contributed by atoms with van der Waals surface area (Å²) < 4.78 is 13.2. The Morgan fingerprint density at radius 2 is 1.90 bits per heavy atom. The number of benzene rings is 1. The highest BCUT2D eigenvalue weighted by atomic mass is 19.1. The maximum Gasteiger partial charge on any atom is 0.123 e. The van der Waals surface area contributed by atoms with Gasteiger partial charge in [-0.25, -0.2) is 4.39 Å².